The number of amides is 1. The first-order chi connectivity index (χ1) is 11.4. The molecule has 8 heteroatoms. The molecular formula is C16H21ClN2O4S. The monoisotopic (exact) mass is 372 g/mol. The first kappa shape index (κ1) is 17.7. The quantitative estimate of drug-likeness (QED) is 0.814. The van der Waals surface area contributed by atoms with Crippen molar-refractivity contribution in [3.05, 3.63) is 29.3 Å². The Morgan fingerprint density at radius 1 is 1.21 bits per heavy atom. The number of hydrogen-bond donors (Lipinski definition) is 0. The minimum Gasteiger partial charge on any atom is -0.358 e. The van der Waals surface area contributed by atoms with Crippen LogP contribution in [0.2, 0.25) is 5.02 Å². The molecule has 2 heterocycles. The zero-order valence-electron chi connectivity index (χ0n) is 13.6. The molecule has 1 amide bonds. The number of rotatable bonds is 3. The molecule has 132 valence electrons. The summed E-state index contributed by atoms with van der Waals surface area (Å²) in [6.07, 6.45) is 1.44. The van der Waals surface area contributed by atoms with Crippen LogP contribution < -0.4 is 0 Å². The number of carbonyl (C=O) groups is 1. The van der Waals surface area contributed by atoms with Gasteiger partial charge in [0, 0.05) is 43.9 Å². The third-order valence-corrected chi connectivity index (χ3v) is 6.94. The molecule has 0 radical (unpaired) electrons. The van der Waals surface area contributed by atoms with E-state index in [1.807, 2.05) is 6.92 Å². The number of halogens is 1. The first-order valence-corrected chi connectivity index (χ1v) is 9.91. The molecule has 0 aliphatic carbocycles. The third kappa shape index (κ3) is 3.06. The Balaban J connectivity index is 1.83. The highest BCUT2D eigenvalue weighted by atomic mass is 35.5. The highest BCUT2D eigenvalue weighted by Crippen LogP contribution is 2.38. The fourth-order valence-electron chi connectivity index (χ4n) is 3.39. The van der Waals surface area contributed by atoms with Gasteiger partial charge in [0.2, 0.25) is 15.9 Å². The van der Waals surface area contributed by atoms with Crippen molar-refractivity contribution in [1.82, 2.24) is 9.21 Å². The Morgan fingerprint density at radius 3 is 2.42 bits per heavy atom. The molecule has 2 fully saturated rings. The highest BCUT2D eigenvalue weighted by Gasteiger charge is 2.50. The van der Waals surface area contributed by atoms with Crippen molar-refractivity contribution in [2.75, 3.05) is 26.2 Å². The molecule has 0 unspecified atom stereocenters. The van der Waals surface area contributed by atoms with Crippen molar-refractivity contribution >= 4 is 27.5 Å². The van der Waals surface area contributed by atoms with Gasteiger partial charge in [0.25, 0.3) is 0 Å². The van der Waals surface area contributed by atoms with Crippen LogP contribution in [0.3, 0.4) is 0 Å². The van der Waals surface area contributed by atoms with Crippen LogP contribution in [0.25, 0.3) is 0 Å². The maximum atomic E-state index is 13.0. The molecule has 0 bridgehead atoms. The molecule has 0 N–H and O–H groups in total. The molecule has 0 atom stereocenters. The molecular weight excluding hydrogens is 352 g/mol. The number of benzene rings is 1. The lowest BCUT2D eigenvalue weighted by molar-refractivity contribution is -0.139. The summed E-state index contributed by atoms with van der Waals surface area (Å²) in [5.74, 6) is 0.0926. The van der Waals surface area contributed by atoms with Gasteiger partial charge in [-0.1, -0.05) is 18.5 Å². The largest absolute Gasteiger partial charge is 0.358 e. The van der Waals surface area contributed by atoms with Crippen molar-refractivity contribution in [1.29, 1.82) is 0 Å². The molecule has 24 heavy (non-hydrogen) atoms. The summed E-state index contributed by atoms with van der Waals surface area (Å²) in [6.45, 7) is 3.55. The summed E-state index contributed by atoms with van der Waals surface area (Å²) in [5, 5.41) is 0.493. The standard InChI is InChI=1S/C16H21ClN2O4S/c1-2-15(20)18-9-7-16(8-10-18)19(11-12-23-16)24(21,22)14-5-3-13(17)4-6-14/h3-6H,2,7-12H2,1H3. The number of ether oxygens (including phenoxy) is 1. The Bertz CT molecular complexity index is 712. The molecule has 1 spiro atoms. The van der Waals surface area contributed by atoms with E-state index in [2.05, 4.69) is 0 Å². The maximum absolute atomic E-state index is 13.0. The lowest BCUT2D eigenvalue weighted by Crippen LogP contribution is -2.55. The second-order valence-electron chi connectivity index (χ2n) is 6.06. The summed E-state index contributed by atoms with van der Waals surface area (Å²) >= 11 is 5.85. The summed E-state index contributed by atoms with van der Waals surface area (Å²) in [7, 11) is -3.66. The summed E-state index contributed by atoms with van der Waals surface area (Å²) in [6, 6.07) is 6.17. The van der Waals surface area contributed by atoms with Gasteiger partial charge in [0.1, 0.15) is 5.72 Å². The number of sulfonamides is 1. The molecule has 0 aromatic heterocycles. The zero-order chi connectivity index (χ0) is 17.4. The van der Waals surface area contributed by atoms with E-state index >= 15 is 0 Å². The van der Waals surface area contributed by atoms with Crippen molar-refractivity contribution in [3.8, 4) is 0 Å². The SMILES string of the molecule is CCC(=O)N1CCC2(CC1)OCCN2S(=O)(=O)c1ccc(Cl)cc1. The second-order valence-corrected chi connectivity index (χ2v) is 8.36. The van der Waals surface area contributed by atoms with Gasteiger partial charge in [-0.3, -0.25) is 4.79 Å². The van der Waals surface area contributed by atoms with Gasteiger partial charge in [-0.15, -0.1) is 0 Å². The van der Waals surface area contributed by atoms with Crippen LogP contribution in [0, 0.1) is 0 Å². The molecule has 1 aromatic carbocycles. The smallest absolute Gasteiger partial charge is 0.245 e. The van der Waals surface area contributed by atoms with E-state index in [0.29, 0.717) is 50.5 Å². The normalized spacial score (nSPS) is 21.3. The van der Waals surface area contributed by atoms with Crippen LogP contribution in [0.5, 0.6) is 0 Å². The van der Waals surface area contributed by atoms with Gasteiger partial charge in [0.15, 0.2) is 0 Å². The van der Waals surface area contributed by atoms with E-state index in [4.69, 9.17) is 16.3 Å². The number of likely N-dealkylation sites (tertiary alicyclic amines) is 1. The average Bonchev–Trinajstić information content (AvgIpc) is 2.99. The minimum atomic E-state index is -3.66. The third-order valence-electron chi connectivity index (χ3n) is 4.72. The van der Waals surface area contributed by atoms with Crippen molar-refractivity contribution in [3.63, 3.8) is 0 Å². The lowest BCUT2D eigenvalue weighted by Gasteiger charge is -2.42. The van der Waals surface area contributed by atoms with Gasteiger partial charge >= 0.3 is 0 Å². The molecule has 2 aliphatic heterocycles. The van der Waals surface area contributed by atoms with E-state index in [9.17, 15) is 13.2 Å². The Hall–Kier alpha value is -1.15. The Kier molecular flexibility index (Phi) is 4.88. The van der Waals surface area contributed by atoms with Crippen molar-refractivity contribution < 1.29 is 17.9 Å². The van der Waals surface area contributed by atoms with E-state index in [1.165, 1.54) is 16.4 Å². The number of carbonyl (C=O) groups excluding carboxylic acids is 1. The Morgan fingerprint density at radius 2 is 1.83 bits per heavy atom. The van der Waals surface area contributed by atoms with Crippen LogP contribution in [-0.4, -0.2) is 55.5 Å². The van der Waals surface area contributed by atoms with E-state index < -0.39 is 15.7 Å². The molecule has 1 aromatic rings. The predicted octanol–water partition coefficient (Wildman–Crippen LogP) is 2.09. The van der Waals surface area contributed by atoms with Gasteiger partial charge in [-0.05, 0) is 24.3 Å². The van der Waals surface area contributed by atoms with Crippen LogP contribution >= 0.6 is 11.6 Å². The Labute approximate surface area is 147 Å². The number of hydrogen-bond acceptors (Lipinski definition) is 4. The fourth-order valence-corrected chi connectivity index (χ4v) is 5.24. The first-order valence-electron chi connectivity index (χ1n) is 8.09. The summed E-state index contributed by atoms with van der Waals surface area (Å²) in [4.78, 5) is 13.8. The van der Waals surface area contributed by atoms with Crippen molar-refractivity contribution in [2.24, 2.45) is 0 Å². The second kappa shape index (κ2) is 6.63. The maximum Gasteiger partial charge on any atom is 0.245 e. The topological polar surface area (TPSA) is 66.9 Å². The predicted molar refractivity (Wildman–Crippen MR) is 90.1 cm³/mol. The van der Waals surface area contributed by atoms with Gasteiger partial charge in [0.05, 0.1) is 11.5 Å². The van der Waals surface area contributed by atoms with Crippen molar-refractivity contribution in [2.45, 2.75) is 36.8 Å². The van der Waals surface area contributed by atoms with Crippen LogP contribution in [0.4, 0.5) is 0 Å². The van der Waals surface area contributed by atoms with Gasteiger partial charge in [-0.2, -0.15) is 4.31 Å². The van der Waals surface area contributed by atoms with E-state index in [-0.39, 0.29) is 10.8 Å². The van der Waals surface area contributed by atoms with Crippen LogP contribution in [-0.2, 0) is 19.6 Å². The molecule has 0 saturated carbocycles. The number of piperidine rings is 1. The van der Waals surface area contributed by atoms with Gasteiger partial charge in [-0.25, -0.2) is 8.42 Å². The van der Waals surface area contributed by atoms with Crippen LogP contribution in [0.1, 0.15) is 26.2 Å². The molecule has 2 aliphatic rings. The zero-order valence-corrected chi connectivity index (χ0v) is 15.1. The molecule has 2 saturated heterocycles. The molecule has 3 rings (SSSR count). The minimum absolute atomic E-state index is 0.0926. The number of nitrogens with zero attached hydrogens (tertiary/aromatic N) is 2. The average molecular weight is 373 g/mol. The fraction of sp³-hybridized carbons (Fsp3) is 0.562. The van der Waals surface area contributed by atoms with Crippen LogP contribution in [0.15, 0.2) is 29.2 Å². The van der Waals surface area contributed by atoms with E-state index in [1.54, 1.807) is 17.0 Å². The summed E-state index contributed by atoms with van der Waals surface area (Å²) in [5.41, 5.74) is -0.844. The van der Waals surface area contributed by atoms with E-state index in [0.717, 1.165) is 0 Å². The summed E-state index contributed by atoms with van der Waals surface area (Å²) < 4.78 is 33.4. The van der Waals surface area contributed by atoms with Gasteiger partial charge < -0.3 is 9.64 Å². The lowest BCUT2D eigenvalue weighted by atomic mass is 10.0. The highest BCUT2D eigenvalue weighted by molar-refractivity contribution is 7.89. The molecule has 6 nitrogen and oxygen atoms in total.